The number of fused-ring (bicyclic) bond motifs is 4. The van der Waals surface area contributed by atoms with Gasteiger partial charge >= 0.3 is 0 Å². The molecule has 0 saturated heterocycles. The van der Waals surface area contributed by atoms with E-state index in [0.29, 0.717) is 0 Å². The Balaban J connectivity index is 1.16. The first kappa shape index (κ1) is 35.1. The lowest BCUT2D eigenvalue weighted by Crippen LogP contribution is -2.20. The van der Waals surface area contributed by atoms with E-state index in [-0.39, 0.29) is 5.41 Å². The molecule has 7 aromatic carbocycles. The van der Waals surface area contributed by atoms with E-state index in [2.05, 4.69) is 226 Å². The van der Waals surface area contributed by atoms with Gasteiger partial charge in [-0.2, -0.15) is 0 Å². The Labute approximate surface area is 331 Å². The molecule has 1 aliphatic carbocycles. The van der Waals surface area contributed by atoms with E-state index >= 15 is 0 Å². The SMILES string of the molecule is C=C1/C=C\C(N(c2ccccc2)c2ccc(C)c(-c3cc(-c4ccc5c(c4)c4ccccc4n5-c4ccccc4)ccc3C)c2)=C/Cc2ccccc2C1(C)C. The van der Waals surface area contributed by atoms with Crippen molar-refractivity contribution in [1.29, 1.82) is 0 Å². The third-order valence-corrected chi connectivity index (χ3v) is 11.8. The van der Waals surface area contributed by atoms with E-state index in [1.165, 1.54) is 72.0 Å². The van der Waals surface area contributed by atoms with Crippen LogP contribution >= 0.6 is 0 Å². The third kappa shape index (κ3) is 6.18. The first-order chi connectivity index (χ1) is 27.3. The number of aryl methyl sites for hydroxylation is 2. The number of hydrogen-bond donors (Lipinski definition) is 0. The predicted molar refractivity (Wildman–Crippen MR) is 239 cm³/mol. The molecule has 272 valence electrons. The van der Waals surface area contributed by atoms with Gasteiger partial charge in [0.25, 0.3) is 0 Å². The Morgan fingerprint density at radius 1 is 0.554 bits per heavy atom. The number of hydrogen-bond acceptors (Lipinski definition) is 1. The average molecular weight is 723 g/mol. The summed E-state index contributed by atoms with van der Waals surface area (Å²) in [6.07, 6.45) is 7.65. The van der Waals surface area contributed by atoms with Gasteiger partial charge in [-0.3, -0.25) is 0 Å². The first-order valence-electron chi connectivity index (χ1n) is 19.6. The number of anilines is 2. The molecule has 2 nitrogen and oxygen atoms in total. The summed E-state index contributed by atoms with van der Waals surface area (Å²) in [4.78, 5) is 2.39. The molecule has 0 radical (unpaired) electrons. The molecule has 0 fully saturated rings. The fourth-order valence-corrected chi connectivity index (χ4v) is 8.49. The van der Waals surface area contributed by atoms with Crippen molar-refractivity contribution in [2.45, 2.75) is 39.5 Å². The minimum absolute atomic E-state index is 0.184. The molecule has 0 saturated carbocycles. The lowest BCUT2D eigenvalue weighted by molar-refractivity contribution is 0.635. The van der Waals surface area contributed by atoms with Gasteiger partial charge in [-0.15, -0.1) is 0 Å². The van der Waals surface area contributed by atoms with Crippen LogP contribution in [0.1, 0.15) is 36.1 Å². The van der Waals surface area contributed by atoms with Crippen LogP contribution < -0.4 is 4.90 Å². The molecule has 0 N–H and O–H groups in total. The summed E-state index contributed by atoms with van der Waals surface area (Å²) >= 11 is 0. The molecular weight excluding hydrogens is 677 g/mol. The van der Waals surface area contributed by atoms with Gasteiger partial charge in [-0.05, 0) is 137 Å². The largest absolute Gasteiger partial charge is 0.311 e. The van der Waals surface area contributed by atoms with Gasteiger partial charge in [0.2, 0.25) is 0 Å². The van der Waals surface area contributed by atoms with E-state index in [1.54, 1.807) is 0 Å². The fourth-order valence-electron chi connectivity index (χ4n) is 8.49. The molecule has 0 bridgehead atoms. The standard InChI is InChI=1S/C54H46N2/c1-37-24-27-41(42-29-33-53-50(35-42)47-21-13-15-23-52(47)56(53)44-19-10-7-11-20-44)34-48(37)49-36-46(30-25-38(49)2)55(43-17-8-6-9-18-43)45-31-26-39(3)54(4,5)51-22-14-12-16-40(51)28-32-45/h6-27,29-36H,3,28H2,1-2,4-5H3/b31-26-,45-32+. The number of aromatic nitrogens is 1. The summed E-state index contributed by atoms with van der Waals surface area (Å²) in [5.41, 5.74) is 17.9. The smallest absolute Gasteiger partial charge is 0.0541 e. The molecule has 0 atom stereocenters. The van der Waals surface area contributed by atoms with E-state index in [1.807, 2.05) is 0 Å². The fraction of sp³-hybridized carbons (Fsp3) is 0.111. The van der Waals surface area contributed by atoms with Gasteiger partial charge in [0.1, 0.15) is 0 Å². The Hall–Kier alpha value is -6.64. The van der Waals surface area contributed by atoms with Crippen LogP contribution in [0.5, 0.6) is 0 Å². The lowest BCUT2D eigenvalue weighted by atomic mass is 9.76. The zero-order chi connectivity index (χ0) is 38.4. The highest BCUT2D eigenvalue weighted by molar-refractivity contribution is 6.10. The minimum Gasteiger partial charge on any atom is -0.311 e. The molecule has 9 rings (SSSR count). The lowest BCUT2D eigenvalue weighted by Gasteiger charge is -2.28. The van der Waals surface area contributed by atoms with Gasteiger partial charge in [0.15, 0.2) is 0 Å². The van der Waals surface area contributed by atoms with Crippen molar-refractivity contribution in [3.05, 3.63) is 222 Å². The highest BCUT2D eigenvalue weighted by Crippen LogP contribution is 2.41. The van der Waals surface area contributed by atoms with Crippen molar-refractivity contribution in [2.75, 3.05) is 4.90 Å². The molecule has 0 spiro atoms. The number of benzene rings is 7. The number of nitrogens with zero attached hydrogens (tertiary/aromatic N) is 2. The van der Waals surface area contributed by atoms with E-state index in [4.69, 9.17) is 0 Å². The highest BCUT2D eigenvalue weighted by atomic mass is 15.1. The number of allylic oxidation sites excluding steroid dienone is 4. The molecule has 1 aromatic heterocycles. The summed E-state index contributed by atoms with van der Waals surface area (Å²) in [6.45, 7) is 13.6. The van der Waals surface area contributed by atoms with Gasteiger partial charge in [0, 0.05) is 38.9 Å². The van der Waals surface area contributed by atoms with Crippen LogP contribution in [0.2, 0.25) is 0 Å². The zero-order valence-corrected chi connectivity index (χ0v) is 32.6. The van der Waals surface area contributed by atoms with Crippen LogP contribution in [0.4, 0.5) is 11.4 Å². The van der Waals surface area contributed by atoms with Crippen LogP contribution in [0.3, 0.4) is 0 Å². The van der Waals surface area contributed by atoms with Crippen molar-refractivity contribution in [2.24, 2.45) is 0 Å². The second-order valence-corrected chi connectivity index (χ2v) is 15.6. The quantitative estimate of drug-likeness (QED) is 0.166. The van der Waals surface area contributed by atoms with Gasteiger partial charge < -0.3 is 9.47 Å². The van der Waals surface area contributed by atoms with E-state index in [9.17, 15) is 0 Å². The summed E-state index contributed by atoms with van der Waals surface area (Å²) < 4.78 is 2.38. The van der Waals surface area contributed by atoms with Gasteiger partial charge in [-0.25, -0.2) is 0 Å². The second-order valence-electron chi connectivity index (χ2n) is 15.6. The molecule has 1 heterocycles. The first-order valence-corrected chi connectivity index (χ1v) is 19.6. The molecule has 0 amide bonds. The average Bonchev–Trinajstić information content (AvgIpc) is 3.58. The number of para-hydroxylation sites is 3. The van der Waals surface area contributed by atoms with E-state index < -0.39 is 0 Å². The van der Waals surface area contributed by atoms with Gasteiger partial charge in [0.05, 0.1) is 11.0 Å². The molecule has 0 unspecified atom stereocenters. The van der Waals surface area contributed by atoms with Crippen LogP contribution in [0.15, 0.2) is 200 Å². The molecular formula is C54H46N2. The highest BCUT2D eigenvalue weighted by Gasteiger charge is 2.27. The summed E-state index contributed by atoms with van der Waals surface area (Å²) in [7, 11) is 0. The molecule has 0 aliphatic heterocycles. The van der Waals surface area contributed by atoms with Crippen LogP contribution in [-0.4, -0.2) is 4.57 Å². The van der Waals surface area contributed by atoms with Crippen LogP contribution in [0, 0.1) is 13.8 Å². The van der Waals surface area contributed by atoms with E-state index in [0.717, 1.165) is 29.1 Å². The maximum Gasteiger partial charge on any atom is 0.0541 e. The molecule has 2 heteroatoms. The van der Waals surface area contributed by atoms with Crippen molar-refractivity contribution in [3.8, 4) is 27.9 Å². The Morgan fingerprint density at radius 3 is 1.98 bits per heavy atom. The summed E-state index contributed by atoms with van der Waals surface area (Å²) in [6, 6.07) is 59.7. The summed E-state index contributed by atoms with van der Waals surface area (Å²) in [5.74, 6) is 0. The zero-order valence-electron chi connectivity index (χ0n) is 32.6. The van der Waals surface area contributed by atoms with Crippen LogP contribution in [-0.2, 0) is 11.8 Å². The number of rotatable bonds is 6. The molecule has 1 aliphatic rings. The summed E-state index contributed by atoms with van der Waals surface area (Å²) in [5, 5.41) is 2.51. The predicted octanol–water partition coefficient (Wildman–Crippen LogP) is 14.4. The Morgan fingerprint density at radius 2 is 1.18 bits per heavy atom. The van der Waals surface area contributed by atoms with Crippen molar-refractivity contribution in [1.82, 2.24) is 4.57 Å². The normalized spacial score (nSPS) is 15.4. The van der Waals surface area contributed by atoms with Crippen molar-refractivity contribution >= 4 is 33.2 Å². The monoisotopic (exact) mass is 722 g/mol. The molecule has 56 heavy (non-hydrogen) atoms. The third-order valence-electron chi connectivity index (χ3n) is 11.8. The Kier molecular flexibility index (Phi) is 8.90. The maximum atomic E-state index is 4.57. The van der Waals surface area contributed by atoms with Crippen molar-refractivity contribution < 1.29 is 0 Å². The molecule has 8 aromatic rings. The Bertz CT molecular complexity index is 2830. The topological polar surface area (TPSA) is 8.17 Å². The van der Waals surface area contributed by atoms with Crippen molar-refractivity contribution in [3.63, 3.8) is 0 Å². The minimum atomic E-state index is -0.184. The van der Waals surface area contributed by atoms with Gasteiger partial charge in [-0.1, -0.05) is 136 Å². The second kappa shape index (κ2) is 14.2. The maximum absolute atomic E-state index is 4.57. The van der Waals surface area contributed by atoms with Crippen LogP contribution in [0.25, 0.3) is 49.7 Å².